The highest BCUT2D eigenvalue weighted by Gasteiger charge is 2.24. The van der Waals surface area contributed by atoms with E-state index in [1.165, 1.54) is 0 Å². The largest absolute Gasteiger partial charge is 0.504 e. The molecule has 0 heterocycles. The molecule has 0 saturated heterocycles. The monoisotopic (exact) mass is 500 g/mol. The first-order valence-corrected chi connectivity index (χ1v) is 12.2. The zero-order chi connectivity index (χ0) is 26.2. The van der Waals surface area contributed by atoms with Gasteiger partial charge in [0.05, 0.1) is 33.5 Å². The molecule has 0 aromatic heterocycles. The van der Waals surface area contributed by atoms with E-state index in [9.17, 15) is 5.11 Å². The van der Waals surface area contributed by atoms with Crippen LogP contribution in [0.4, 0.5) is 0 Å². The molecule has 192 valence electrons. The van der Waals surface area contributed by atoms with Crippen LogP contribution in [0.25, 0.3) is 22.3 Å². The van der Waals surface area contributed by atoms with Crippen molar-refractivity contribution in [2.24, 2.45) is 0 Å². The number of aromatic hydroxyl groups is 1. The molecule has 6 heteroatoms. The van der Waals surface area contributed by atoms with Crippen molar-refractivity contribution in [1.29, 1.82) is 0 Å². The minimum atomic E-state index is 0.0233. The standard InChI is InChI=1S/C31H32O6/c1-5-17-36-31-29(23-13-16-27(26(32)18-23)37-20-21-9-7-6-8-10-21)28(34-3)19-25(30(31)35-4)22-11-14-24(33-2)15-12-22/h6-16,18-19,32H,5,17,20H2,1-4H3. The first kappa shape index (κ1) is 25.8. The average Bonchev–Trinajstić information content (AvgIpc) is 2.95. The van der Waals surface area contributed by atoms with Crippen molar-refractivity contribution in [3.63, 3.8) is 0 Å². The summed E-state index contributed by atoms with van der Waals surface area (Å²) in [5.74, 6) is 2.90. The third-order valence-electron chi connectivity index (χ3n) is 5.96. The van der Waals surface area contributed by atoms with Gasteiger partial charge in [-0.3, -0.25) is 0 Å². The van der Waals surface area contributed by atoms with E-state index in [4.69, 9.17) is 23.7 Å². The van der Waals surface area contributed by atoms with E-state index in [2.05, 4.69) is 0 Å². The first-order valence-electron chi connectivity index (χ1n) is 12.2. The number of rotatable bonds is 11. The Morgan fingerprint density at radius 3 is 2.03 bits per heavy atom. The molecular weight excluding hydrogens is 468 g/mol. The van der Waals surface area contributed by atoms with Crippen molar-refractivity contribution in [2.75, 3.05) is 27.9 Å². The third-order valence-corrected chi connectivity index (χ3v) is 5.96. The molecule has 0 bridgehead atoms. The normalized spacial score (nSPS) is 10.6. The topological polar surface area (TPSA) is 66.4 Å². The van der Waals surface area contributed by atoms with E-state index < -0.39 is 0 Å². The molecule has 0 aliphatic heterocycles. The van der Waals surface area contributed by atoms with E-state index in [1.54, 1.807) is 33.5 Å². The summed E-state index contributed by atoms with van der Waals surface area (Å²) in [5.41, 5.74) is 4.17. The van der Waals surface area contributed by atoms with Gasteiger partial charge in [0, 0.05) is 5.56 Å². The fourth-order valence-electron chi connectivity index (χ4n) is 4.11. The lowest BCUT2D eigenvalue weighted by Gasteiger charge is -2.22. The van der Waals surface area contributed by atoms with Gasteiger partial charge in [-0.1, -0.05) is 55.5 Å². The number of hydrogen-bond acceptors (Lipinski definition) is 6. The van der Waals surface area contributed by atoms with Crippen LogP contribution in [0.3, 0.4) is 0 Å². The van der Waals surface area contributed by atoms with Gasteiger partial charge in [-0.15, -0.1) is 0 Å². The Morgan fingerprint density at radius 1 is 0.676 bits per heavy atom. The number of methoxy groups -OCH3 is 3. The molecule has 0 amide bonds. The van der Waals surface area contributed by atoms with Gasteiger partial charge in [-0.2, -0.15) is 0 Å². The Bertz CT molecular complexity index is 1320. The summed E-state index contributed by atoms with van der Waals surface area (Å²) in [6, 6.07) is 24.7. The first-order chi connectivity index (χ1) is 18.1. The number of ether oxygens (including phenoxy) is 5. The van der Waals surface area contributed by atoms with Gasteiger partial charge in [0.15, 0.2) is 23.0 Å². The van der Waals surface area contributed by atoms with Crippen LogP contribution in [0, 0.1) is 0 Å². The quantitative estimate of drug-likeness (QED) is 0.237. The summed E-state index contributed by atoms with van der Waals surface area (Å²) in [5, 5.41) is 10.8. The van der Waals surface area contributed by atoms with Crippen LogP contribution >= 0.6 is 0 Å². The summed E-state index contributed by atoms with van der Waals surface area (Å²) >= 11 is 0. The van der Waals surface area contributed by atoms with Crippen LogP contribution in [0.1, 0.15) is 18.9 Å². The van der Waals surface area contributed by atoms with Crippen LogP contribution in [-0.2, 0) is 6.61 Å². The highest BCUT2D eigenvalue weighted by atomic mass is 16.5. The van der Waals surface area contributed by atoms with Gasteiger partial charge in [0.2, 0.25) is 0 Å². The van der Waals surface area contributed by atoms with Crippen molar-refractivity contribution in [2.45, 2.75) is 20.0 Å². The highest BCUT2D eigenvalue weighted by Crippen LogP contribution is 2.51. The van der Waals surface area contributed by atoms with E-state index >= 15 is 0 Å². The van der Waals surface area contributed by atoms with E-state index in [1.807, 2.05) is 73.7 Å². The molecule has 4 aromatic rings. The number of hydrogen-bond donors (Lipinski definition) is 1. The Kier molecular flexibility index (Phi) is 8.41. The molecule has 6 nitrogen and oxygen atoms in total. The fourth-order valence-corrected chi connectivity index (χ4v) is 4.11. The van der Waals surface area contributed by atoms with E-state index in [0.29, 0.717) is 47.3 Å². The van der Waals surface area contributed by atoms with Gasteiger partial charge in [0.25, 0.3) is 0 Å². The molecule has 0 unspecified atom stereocenters. The highest BCUT2D eigenvalue weighted by molar-refractivity contribution is 5.88. The molecule has 0 fully saturated rings. The SMILES string of the molecule is CCCOc1c(OC)c(-c2ccc(OC)cc2)cc(OC)c1-c1ccc(OCc2ccccc2)c(O)c1. The maximum absolute atomic E-state index is 10.8. The summed E-state index contributed by atoms with van der Waals surface area (Å²) in [7, 11) is 4.87. The fraction of sp³-hybridized carbons (Fsp3) is 0.226. The maximum Gasteiger partial charge on any atom is 0.173 e. The van der Waals surface area contributed by atoms with Gasteiger partial charge >= 0.3 is 0 Å². The number of phenols is 1. The van der Waals surface area contributed by atoms with E-state index in [-0.39, 0.29) is 5.75 Å². The van der Waals surface area contributed by atoms with Crippen molar-refractivity contribution >= 4 is 0 Å². The zero-order valence-corrected chi connectivity index (χ0v) is 21.6. The smallest absolute Gasteiger partial charge is 0.173 e. The Labute approximate surface area is 218 Å². The minimum Gasteiger partial charge on any atom is -0.504 e. The predicted molar refractivity (Wildman–Crippen MR) is 145 cm³/mol. The second-order valence-electron chi connectivity index (χ2n) is 8.40. The Hall–Kier alpha value is -4.32. The Balaban J connectivity index is 1.78. The van der Waals surface area contributed by atoms with Crippen molar-refractivity contribution in [3.05, 3.63) is 84.4 Å². The van der Waals surface area contributed by atoms with Gasteiger partial charge in [-0.05, 0) is 53.4 Å². The number of benzene rings is 4. The molecule has 0 spiro atoms. The lowest BCUT2D eigenvalue weighted by Crippen LogP contribution is -2.03. The molecule has 37 heavy (non-hydrogen) atoms. The predicted octanol–water partition coefficient (Wildman–Crippen LogP) is 7.12. The molecular formula is C31H32O6. The lowest BCUT2D eigenvalue weighted by atomic mass is 9.96. The molecule has 1 N–H and O–H groups in total. The van der Waals surface area contributed by atoms with Crippen molar-refractivity contribution in [1.82, 2.24) is 0 Å². The van der Waals surface area contributed by atoms with Crippen LogP contribution in [0.5, 0.6) is 34.5 Å². The second-order valence-corrected chi connectivity index (χ2v) is 8.40. The van der Waals surface area contributed by atoms with Crippen LogP contribution < -0.4 is 23.7 Å². The molecule has 0 aliphatic carbocycles. The molecule has 0 atom stereocenters. The summed E-state index contributed by atoms with van der Waals surface area (Å²) < 4.78 is 29.1. The number of phenolic OH excluding ortho intramolecular Hbond substituents is 1. The molecule has 0 aliphatic rings. The van der Waals surface area contributed by atoms with Crippen molar-refractivity contribution in [3.8, 4) is 56.8 Å². The van der Waals surface area contributed by atoms with Gasteiger partial charge in [-0.25, -0.2) is 0 Å². The second kappa shape index (κ2) is 12.1. The van der Waals surface area contributed by atoms with Crippen LogP contribution in [0.2, 0.25) is 0 Å². The molecule has 4 rings (SSSR count). The third kappa shape index (κ3) is 5.75. The zero-order valence-electron chi connectivity index (χ0n) is 21.6. The lowest BCUT2D eigenvalue weighted by molar-refractivity contribution is 0.289. The molecule has 4 aromatic carbocycles. The van der Waals surface area contributed by atoms with Crippen LogP contribution in [-0.4, -0.2) is 33.0 Å². The van der Waals surface area contributed by atoms with Gasteiger partial charge in [0.1, 0.15) is 18.1 Å². The van der Waals surface area contributed by atoms with Gasteiger partial charge < -0.3 is 28.8 Å². The maximum atomic E-state index is 10.8. The summed E-state index contributed by atoms with van der Waals surface area (Å²) in [6.07, 6.45) is 0.815. The molecule has 0 saturated carbocycles. The van der Waals surface area contributed by atoms with E-state index in [0.717, 1.165) is 28.9 Å². The van der Waals surface area contributed by atoms with Crippen LogP contribution in [0.15, 0.2) is 78.9 Å². The average molecular weight is 501 g/mol. The summed E-state index contributed by atoms with van der Waals surface area (Å²) in [4.78, 5) is 0. The van der Waals surface area contributed by atoms with Crippen molar-refractivity contribution < 1.29 is 28.8 Å². The summed E-state index contributed by atoms with van der Waals surface area (Å²) in [6.45, 7) is 2.89. The Morgan fingerprint density at radius 2 is 1.41 bits per heavy atom. The molecule has 0 radical (unpaired) electrons. The minimum absolute atomic E-state index is 0.0233.